The molecular weight excluding hydrogens is 264 g/mol. The second-order valence-corrected chi connectivity index (χ2v) is 4.70. The van der Waals surface area contributed by atoms with Gasteiger partial charge in [0, 0.05) is 5.69 Å². The summed E-state index contributed by atoms with van der Waals surface area (Å²) in [7, 11) is 0. The average Bonchev–Trinajstić information content (AvgIpc) is 2.50. The molecule has 0 bridgehead atoms. The van der Waals surface area contributed by atoms with Crippen LogP contribution in [0, 0.1) is 18.3 Å². The molecule has 0 spiro atoms. The molecule has 0 aliphatic rings. The van der Waals surface area contributed by atoms with Gasteiger partial charge in [0.1, 0.15) is 5.75 Å². The molecule has 1 unspecified atom stereocenters. The molecule has 4 heteroatoms. The topological polar surface area (TPSA) is 62.1 Å². The first-order valence-electron chi connectivity index (χ1n) is 6.63. The summed E-state index contributed by atoms with van der Waals surface area (Å²) < 4.78 is 5.57. The molecule has 1 N–H and O–H groups in total. The molecule has 2 aromatic carbocycles. The highest BCUT2D eigenvalue weighted by Gasteiger charge is 2.15. The Balaban J connectivity index is 1.99. The number of carbonyl (C=O) groups is 1. The van der Waals surface area contributed by atoms with Crippen LogP contribution in [-0.4, -0.2) is 12.0 Å². The van der Waals surface area contributed by atoms with Gasteiger partial charge in [-0.1, -0.05) is 18.2 Å². The molecule has 0 radical (unpaired) electrons. The van der Waals surface area contributed by atoms with Gasteiger partial charge < -0.3 is 10.1 Å². The maximum atomic E-state index is 12.1. The van der Waals surface area contributed by atoms with E-state index in [1.807, 2.05) is 37.3 Å². The van der Waals surface area contributed by atoms with Crippen LogP contribution in [0.5, 0.6) is 5.75 Å². The van der Waals surface area contributed by atoms with Crippen LogP contribution in [0.3, 0.4) is 0 Å². The number of nitrogens with zero attached hydrogens (tertiary/aromatic N) is 1. The van der Waals surface area contributed by atoms with E-state index >= 15 is 0 Å². The van der Waals surface area contributed by atoms with Crippen molar-refractivity contribution in [3.8, 4) is 11.8 Å². The van der Waals surface area contributed by atoms with E-state index in [0.717, 1.165) is 11.3 Å². The number of aryl methyl sites for hydroxylation is 1. The van der Waals surface area contributed by atoms with Crippen molar-refractivity contribution in [3.05, 3.63) is 59.7 Å². The van der Waals surface area contributed by atoms with E-state index in [1.165, 1.54) is 0 Å². The number of benzene rings is 2. The minimum absolute atomic E-state index is 0.214. The van der Waals surface area contributed by atoms with Crippen molar-refractivity contribution < 1.29 is 9.53 Å². The van der Waals surface area contributed by atoms with Crippen molar-refractivity contribution in [2.45, 2.75) is 20.0 Å². The SMILES string of the molecule is Cc1ccccc1NC(=O)C(C)Oc1ccc(C#N)cc1. The Bertz CT molecular complexity index is 672. The van der Waals surface area contributed by atoms with Crippen LogP contribution < -0.4 is 10.1 Å². The fraction of sp³-hybridized carbons (Fsp3) is 0.176. The van der Waals surface area contributed by atoms with Crippen LogP contribution in [-0.2, 0) is 4.79 Å². The number of nitrogens with one attached hydrogen (secondary N) is 1. The zero-order valence-corrected chi connectivity index (χ0v) is 12.0. The summed E-state index contributed by atoms with van der Waals surface area (Å²) in [6.45, 7) is 3.62. The molecule has 0 aliphatic heterocycles. The largest absolute Gasteiger partial charge is 0.481 e. The van der Waals surface area contributed by atoms with Gasteiger partial charge >= 0.3 is 0 Å². The van der Waals surface area contributed by atoms with Crippen molar-refractivity contribution in [2.75, 3.05) is 5.32 Å². The van der Waals surface area contributed by atoms with Crippen LogP contribution in [0.25, 0.3) is 0 Å². The Labute approximate surface area is 124 Å². The molecule has 0 fully saturated rings. The first-order chi connectivity index (χ1) is 10.1. The molecule has 1 atom stereocenters. The fourth-order valence-electron chi connectivity index (χ4n) is 1.81. The van der Waals surface area contributed by atoms with Crippen LogP contribution in [0.1, 0.15) is 18.1 Å². The summed E-state index contributed by atoms with van der Waals surface area (Å²) >= 11 is 0. The molecule has 0 saturated carbocycles. The standard InChI is InChI=1S/C17H16N2O2/c1-12-5-3-4-6-16(12)19-17(20)13(2)21-15-9-7-14(11-18)8-10-15/h3-10,13H,1-2H3,(H,19,20). The lowest BCUT2D eigenvalue weighted by Gasteiger charge is -2.15. The van der Waals surface area contributed by atoms with Crippen LogP contribution in [0.15, 0.2) is 48.5 Å². The van der Waals surface area contributed by atoms with Gasteiger partial charge in [-0.05, 0) is 49.7 Å². The molecule has 21 heavy (non-hydrogen) atoms. The molecule has 4 nitrogen and oxygen atoms in total. The molecule has 1 amide bonds. The van der Waals surface area contributed by atoms with E-state index in [0.29, 0.717) is 11.3 Å². The van der Waals surface area contributed by atoms with Gasteiger partial charge in [0.2, 0.25) is 0 Å². The van der Waals surface area contributed by atoms with Crippen molar-refractivity contribution in [3.63, 3.8) is 0 Å². The number of hydrogen-bond donors (Lipinski definition) is 1. The van der Waals surface area contributed by atoms with Crippen molar-refractivity contribution in [1.29, 1.82) is 5.26 Å². The average molecular weight is 280 g/mol. The number of amides is 1. The molecule has 0 saturated heterocycles. The lowest BCUT2D eigenvalue weighted by molar-refractivity contribution is -0.122. The summed E-state index contributed by atoms with van der Waals surface area (Å²) in [5.74, 6) is 0.343. The molecule has 0 aromatic heterocycles. The van der Waals surface area contributed by atoms with E-state index < -0.39 is 6.10 Å². The van der Waals surface area contributed by atoms with Crippen LogP contribution in [0.4, 0.5) is 5.69 Å². The van der Waals surface area contributed by atoms with E-state index in [4.69, 9.17) is 10.00 Å². The molecule has 2 aromatic rings. The zero-order chi connectivity index (χ0) is 15.2. The molecule has 0 aliphatic carbocycles. The smallest absolute Gasteiger partial charge is 0.265 e. The molecular formula is C17H16N2O2. The van der Waals surface area contributed by atoms with Crippen molar-refractivity contribution in [1.82, 2.24) is 0 Å². The third-order valence-corrected chi connectivity index (χ3v) is 3.07. The Hall–Kier alpha value is -2.80. The van der Waals surface area contributed by atoms with E-state index in [9.17, 15) is 4.79 Å². The number of hydrogen-bond acceptors (Lipinski definition) is 3. The normalized spacial score (nSPS) is 11.3. The predicted octanol–water partition coefficient (Wildman–Crippen LogP) is 3.27. The monoisotopic (exact) mass is 280 g/mol. The van der Waals surface area contributed by atoms with Gasteiger partial charge in [0.15, 0.2) is 6.10 Å². The van der Waals surface area contributed by atoms with E-state index in [2.05, 4.69) is 5.32 Å². The number of anilines is 1. The third-order valence-electron chi connectivity index (χ3n) is 3.07. The van der Waals surface area contributed by atoms with Gasteiger partial charge in [-0.2, -0.15) is 5.26 Å². The summed E-state index contributed by atoms with van der Waals surface area (Å²) in [5.41, 5.74) is 2.33. The van der Waals surface area contributed by atoms with Crippen LogP contribution >= 0.6 is 0 Å². The fourth-order valence-corrected chi connectivity index (χ4v) is 1.81. The molecule has 0 heterocycles. The Morgan fingerprint density at radius 1 is 1.19 bits per heavy atom. The van der Waals surface area contributed by atoms with E-state index in [1.54, 1.807) is 31.2 Å². The van der Waals surface area contributed by atoms with Gasteiger partial charge in [-0.25, -0.2) is 0 Å². The van der Waals surface area contributed by atoms with Crippen molar-refractivity contribution >= 4 is 11.6 Å². The number of rotatable bonds is 4. The summed E-state index contributed by atoms with van der Waals surface area (Å²) in [4.78, 5) is 12.1. The number of para-hydroxylation sites is 1. The van der Waals surface area contributed by atoms with Gasteiger partial charge in [0.05, 0.1) is 11.6 Å². The van der Waals surface area contributed by atoms with Crippen molar-refractivity contribution in [2.24, 2.45) is 0 Å². The summed E-state index contributed by atoms with van der Waals surface area (Å²) in [6.07, 6.45) is -0.627. The first kappa shape index (κ1) is 14.6. The summed E-state index contributed by atoms with van der Waals surface area (Å²) in [6, 6.07) is 16.3. The van der Waals surface area contributed by atoms with Crippen LogP contribution in [0.2, 0.25) is 0 Å². The predicted molar refractivity (Wildman–Crippen MR) is 81.1 cm³/mol. The summed E-state index contributed by atoms with van der Waals surface area (Å²) in [5, 5.41) is 11.6. The van der Waals surface area contributed by atoms with Gasteiger partial charge in [-0.15, -0.1) is 0 Å². The highest BCUT2D eigenvalue weighted by molar-refractivity contribution is 5.94. The van der Waals surface area contributed by atoms with Gasteiger partial charge in [-0.3, -0.25) is 4.79 Å². The van der Waals surface area contributed by atoms with Gasteiger partial charge in [0.25, 0.3) is 5.91 Å². The minimum Gasteiger partial charge on any atom is -0.481 e. The Morgan fingerprint density at radius 2 is 1.86 bits per heavy atom. The second kappa shape index (κ2) is 6.58. The number of nitriles is 1. The second-order valence-electron chi connectivity index (χ2n) is 4.70. The lowest BCUT2D eigenvalue weighted by atomic mass is 10.2. The minimum atomic E-state index is -0.627. The van der Waals surface area contributed by atoms with E-state index in [-0.39, 0.29) is 5.91 Å². The number of carbonyl (C=O) groups excluding carboxylic acids is 1. The highest BCUT2D eigenvalue weighted by atomic mass is 16.5. The molecule has 106 valence electrons. The Kier molecular flexibility index (Phi) is 4.57. The quantitative estimate of drug-likeness (QED) is 0.935. The maximum absolute atomic E-state index is 12.1. The third kappa shape index (κ3) is 3.83. The molecule has 2 rings (SSSR count). The maximum Gasteiger partial charge on any atom is 0.265 e. The Morgan fingerprint density at radius 3 is 2.48 bits per heavy atom. The zero-order valence-electron chi connectivity index (χ0n) is 12.0. The highest BCUT2D eigenvalue weighted by Crippen LogP contribution is 2.16. The lowest BCUT2D eigenvalue weighted by Crippen LogP contribution is -2.30. The first-order valence-corrected chi connectivity index (χ1v) is 6.63. The number of ether oxygens (including phenoxy) is 1.